The van der Waals surface area contributed by atoms with Crippen molar-refractivity contribution >= 4 is 11.0 Å². The largest absolute Gasteiger partial charge is 0.381 e. The summed E-state index contributed by atoms with van der Waals surface area (Å²) in [6, 6.07) is 8.88. The second kappa shape index (κ2) is 7.36. The summed E-state index contributed by atoms with van der Waals surface area (Å²) in [5.41, 5.74) is 2.80. The molecule has 29 heavy (non-hydrogen) atoms. The Labute approximate surface area is 167 Å². The van der Waals surface area contributed by atoms with Crippen LogP contribution in [-0.4, -0.2) is 42.9 Å². The van der Waals surface area contributed by atoms with Gasteiger partial charge in [-0.1, -0.05) is 12.1 Å². The number of nitrogens with zero attached hydrogens (tertiary/aromatic N) is 5. The molecular weight excluding hydrogens is 371 g/mol. The number of H-pyrrole nitrogens is 1. The molecule has 2 atom stereocenters. The van der Waals surface area contributed by atoms with E-state index < -0.39 is 0 Å². The maximum Gasteiger partial charge on any atom is 0.174 e. The number of fused-ring (bicyclic) bond motifs is 1. The van der Waals surface area contributed by atoms with Crippen LogP contribution in [0.2, 0.25) is 0 Å². The topological polar surface area (TPSA) is 81.5 Å². The monoisotopic (exact) mass is 392 g/mol. The Kier molecular flexibility index (Phi) is 4.55. The first-order valence-electron chi connectivity index (χ1n) is 9.76. The molecule has 4 aromatic rings. The van der Waals surface area contributed by atoms with E-state index >= 15 is 0 Å². The summed E-state index contributed by atoms with van der Waals surface area (Å²) in [6.07, 6.45) is 7.31. The molecule has 0 spiro atoms. The Morgan fingerprint density at radius 2 is 2.10 bits per heavy atom. The maximum absolute atomic E-state index is 14.7. The lowest BCUT2D eigenvalue weighted by Gasteiger charge is -2.30. The molecule has 1 unspecified atom stereocenters. The third-order valence-electron chi connectivity index (χ3n) is 5.65. The summed E-state index contributed by atoms with van der Waals surface area (Å²) >= 11 is 0. The lowest BCUT2D eigenvalue weighted by Crippen LogP contribution is -2.24. The zero-order valence-electron chi connectivity index (χ0n) is 16.0. The fourth-order valence-electron chi connectivity index (χ4n) is 4.23. The minimum Gasteiger partial charge on any atom is -0.381 e. The zero-order chi connectivity index (χ0) is 19.8. The summed E-state index contributed by atoms with van der Waals surface area (Å²) in [4.78, 5) is 13.4. The number of halogens is 1. The van der Waals surface area contributed by atoms with Gasteiger partial charge in [0.25, 0.3) is 0 Å². The molecule has 1 aromatic carbocycles. The molecule has 0 saturated heterocycles. The van der Waals surface area contributed by atoms with Gasteiger partial charge in [-0.15, -0.1) is 0 Å². The molecular formula is C21H21FN6O. The van der Waals surface area contributed by atoms with Crippen LogP contribution < -0.4 is 0 Å². The van der Waals surface area contributed by atoms with Gasteiger partial charge in [0.1, 0.15) is 29.2 Å². The summed E-state index contributed by atoms with van der Waals surface area (Å²) < 4.78 is 22.5. The SMILES string of the molecule is COC1CCC[C@@H](n2c(-c3ccccc3F)nc3cnc(-c4ncn[nH]4)cc32)C1. The van der Waals surface area contributed by atoms with E-state index in [1.807, 2.05) is 12.1 Å². The van der Waals surface area contributed by atoms with Crippen molar-refractivity contribution in [2.45, 2.75) is 37.8 Å². The van der Waals surface area contributed by atoms with Crippen molar-refractivity contribution < 1.29 is 9.13 Å². The molecule has 1 aliphatic rings. The Hall–Kier alpha value is -3.13. The van der Waals surface area contributed by atoms with E-state index in [-0.39, 0.29) is 18.0 Å². The fraction of sp³-hybridized carbons (Fsp3) is 0.333. The molecule has 3 aromatic heterocycles. The second-order valence-corrected chi connectivity index (χ2v) is 7.36. The Balaban J connectivity index is 1.72. The van der Waals surface area contributed by atoms with Crippen LogP contribution in [0.1, 0.15) is 31.7 Å². The summed E-state index contributed by atoms with van der Waals surface area (Å²) in [6.45, 7) is 0. The molecule has 1 saturated carbocycles. The predicted molar refractivity (Wildman–Crippen MR) is 107 cm³/mol. The van der Waals surface area contributed by atoms with Crippen molar-refractivity contribution in [3.63, 3.8) is 0 Å². The first-order valence-corrected chi connectivity index (χ1v) is 9.76. The number of benzene rings is 1. The highest BCUT2D eigenvalue weighted by Gasteiger charge is 2.28. The van der Waals surface area contributed by atoms with Crippen molar-refractivity contribution in [3.05, 3.63) is 48.7 Å². The molecule has 0 bridgehead atoms. The van der Waals surface area contributed by atoms with Gasteiger partial charge in [-0.2, -0.15) is 5.10 Å². The minimum atomic E-state index is -0.286. The van der Waals surface area contributed by atoms with Gasteiger partial charge in [0, 0.05) is 13.2 Å². The number of pyridine rings is 1. The van der Waals surface area contributed by atoms with E-state index in [1.54, 1.807) is 25.4 Å². The van der Waals surface area contributed by atoms with Crippen molar-refractivity contribution in [2.75, 3.05) is 7.11 Å². The van der Waals surface area contributed by atoms with E-state index in [9.17, 15) is 4.39 Å². The summed E-state index contributed by atoms with van der Waals surface area (Å²) in [5, 5.41) is 6.76. The van der Waals surface area contributed by atoms with Gasteiger partial charge in [0.05, 0.1) is 23.4 Å². The van der Waals surface area contributed by atoms with Gasteiger partial charge in [-0.05, 0) is 43.9 Å². The second-order valence-electron chi connectivity index (χ2n) is 7.36. The first-order chi connectivity index (χ1) is 14.2. The molecule has 3 heterocycles. The molecule has 1 aliphatic carbocycles. The average Bonchev–Trinajstić information content (AvgIpc) is 3.41. The van der Waals surface area contributed by atoms with Crippen LogP contribution in [0.15, 0.2) is 42.9 Å². The fourth-order valence-corrected chi connectivity index (χ4v) is 4.23. The molecule has 0 radical (unpaired) electrons. The van der Waals surface area contributed by atoms with Crippen molar-refractivity contribution in [3.8, 4) is 22.9 Å². The van der Waals surface area contributed by atoms with Gasteiger partial charge < -0.3 is 9.30 Å². The molecule has 8 heteroatoms. The molecule has 0 aliphatic heterocycles. The first kappa shape index (κ1) is 17.9. The molecule has 5 rings (SSSR count). The Bertz CT molecular complexity index is 1140. The lowest BCUT2D eigenvalue weighted by molar-refractivity contribution is 0.0540. The van der Waals surface area contributed by atoms with Crippen LogP contribution in [0.3, 0.4) is 0 Å². The third kappa shape index (κ3) is 3.19. The van der Waals surface area contributed by atoms with E-state index in [0.717, 1.165) is 36.7 Å². The van der Waals surface area contributed by atoms with Crippen LogP contribution in [0, 0.1) is 5.82 Å². The van der Waals surface area contributed by atoms with Gasteiger partial charge in [-0.25, -0.2) is 14.4 Å². The van der Waals surface area contributed by atoms with Gasteiger partial charge >= 0.3 is 0 Å². The summed E-state index contributed by atoms with van der Waals surface area (Å²) in [7, 11) is 1.75. The standard InChI is InChI=1S/C21H21FN6O/c1-29-14-6-4-5-13(9-14)28-19-10-17(20-24-12-25-27-20)23-11-18(19)26-21(28)15-7-2-3-8-16(15)22/h2-3,7-8,10-14H,4-6,9H2,1H3,(H,24,25,27)/t13-,14?/m1/s1. The Morgan fingerprint density at radius 1 is 1.21 bits per heavy atom. The molecule has 1 fully saturated rings. The van der Waals surface area contributed by atoms with Gasteiger partial charge in [0.15, 0.2) is 5.82 Å². The number of hydrogen-bond acceptors (Lipinski definition) is 5. The van der Waals surface area contributed by atoms with Crippen LogP contribution in [0.4, 0.5) is 4.39 Å². The highest BCUT2D eigenvalue weighted by Crippen LogP contribution is 2.37. The minimum absolute atomic E-state index is 0.165. The van der Waals surface area contributed by atoms with E-state index in [4.69, 9.17) is 9.72 Å². The smallest absolute Gasteiger partial charge is 0.174 e. The van der Waals surface area contributed by atoms with Crippen LogP contribution in [-0.2, 0) is 4.74 Å². The number of rotatable bonds is 4. The molecule has 0 amide bonds. The highest BCUT2D eigenvalue weighted by molar-refractivity contribution is 5.83. The van der Waals surface area contributed by atoms with Crippen molar-refractivity contribution in [2.24, 2.45) is 0 Å². The normalized spacial score (nSPS) is 19.7. The van der Waals surface area contributed by atoms with E-state index in [0.29, 0.717) is 22.9 Å². The molecule has 1 N–H and O–H groups in total. The van der Waals surface area contributed by atoms with Crippen LogP contribution in [0.5, 0.6) is 0 Å². The van der Waals surface area contributed by atoms with E-state index in [1.165, 1.54) is 12.4 Å². The van der Waals surface area contributed by atoms with Gasteiger partial charge in [0.2, 0.25) is 0 Å². The number of nitrogens with one attached hydrogen (secondary N) is 1. The average molecular weight is 392 g/mol. The van der Waals surface area contributed by atoms with Crippen LogP contribution in [0.25, 0.3) is 33.9 Å². The highest BCUT2D eigenvalue weighted by atomic mass is 19.1. The number of ether oxygens (including phenoxy) is 1. The van der Waals surface area contributed by atoms with Gasteiger partial charge in [-0.3, -0.25) is 10.1 Å². The number of hydrogen-bond donors (Lipinski definition) is 1. The number of methoxy groups -OCH3 is 1. The Morgan fingerprint density at radius 3 is 2.90 bits per heavy atom. The van der Waals surface area contributed by atoms with E-state index in [2.05, 4.69) is 24.7 Å². The molecule has 148 valence electrons. The number of aromatic amines is 1. The summed E-state index contributed by atoms with van der Waals surface area (Å²) in [5.74, 6) is 0.924. The lowest BCUT2D eigenvalue weighted by atomic mass is 9.92. The maximum atomic E-state index is 14.7. The quantitative estimate of drug-likeness (QED) is 0.564. The van der Waals surface area contributed by atoms with Crippen molar-refractivity contribution in [1.82, 2.24) is 29.7 Å². The zero-order valence-corrected chi connectivity index (χ0v) is 16.0. The van der Waals surface area contributed by atoms with Crippen LogP contribution >= 0.6 is 0 Å². The number of aromatic nitrogens is 6. The van der Waals surface area contributed by atoms with Crippen molar-refractivity contribution in [1.29, 1.82) is 0 Å². The third-order valence-corrected chi connectivity index (χ3v) is 5.65. The molecule has 7 nitrogen and oxygen atoms in total. The number of imidazole rings is 1. The predicted octanol–water partition coefficient (Wildman–Crippen LogP) is 4.15.